The maximum absolute atomic E-state index is 9.86. The van der Waals surface area contributed by atoms with Gasteiger partial charge in [0.05, 0.1) is 20.3 Å². The number of ether oxygens (including phenoxy) is 2. The molecule has 0 amide bonds. The van der Waals surface area contributed by atoms with Gasteiger partial charge in [0, 0.05) is 18.6 Å². The van der Waals surface area contributed by atoms with Crippen LogP contribution in [0.3, 0.4) is 0 Å². The Hall–Kier alpha value is -1.26. The first-order chi connectivity index (χ1) is 9.71. The van der Waals surface area contributed by atoms with E-state index in [0.29, 0.717) is 12.1 Å². The average Bonchev–Trinajstić information content (AvgIpc) is 2.70. The Bertz CT molecular complexity index is 463. The minimum absolute atomic E-state index is 0.103. The van der Waals surface area contributed by atoms with E-state index in [-0.39, 0.29) is 6.10 Å². The average molecular weight is 277 g/mol. The fraction of sp³-hybridized carbons (Fsp3) is 0.625. The standard InChI is InChI=1S/C16H23NO3/c1-19-15-6-3-11(7-16(15)20-2)10-17-12-4-5-13(17)9-14(18)8-12/h3,6-7,12-14,18H,4-5,8-10H2,1-2H3. The molecule has 1 aromatic rings. The van der Waals surface area contributed by atoms with Crippen molar-refractivity contribution >= 4 is 0 Å². The lowest BCUT2D eigenvalue weighted by Gasteiger charge is -2.37. The summed E-state index contributed by atoms with van der Waals surface area (Å²) in [4.78, 5) is 2.55. The summed E-state index contributed by atoms with van der Waals surface area (Å²) in [5.74, 6) is 1.56. The predicted octanol–water partition coefficient (Wildman–Crippen LogP) is 2.19. The largest absolute Gasteiger partial charge is 0.493 e. The van der Waals surface area contributed by atoms with Crippen LogP contribution in [-0.4, -0.2) is 42.4 Å². The molecule has 0 radical (unpaired) electrons. The monoisotopic (exact) mass is 277 g/mol. The second kappa shape index (κ2) is 5.62. The number of methoxy groups -OCH3 is 2. The van der Waals surface area contributed by atoms with Crippen molar-refractivity contribution < 1.29 is 14.6 Å². The lowest BCUT2D eigenvalue weighted by Crippen LogP contribution is -2.44. The molecule has 2 aliphatic heterocycles. The first-order valence-electron chi connectivity index (χ1n) is 7.36. The zero-order valence-electron chi connectivity index (χ0n) is 12.2. The van der Waals surface area contributed by atoms with Crippen LogP contribution in [0.2, 0.25) is 0 Å². The molecular weight excluding hydrogens is 254 g/mol. The molecule has 4 heteroatoms. The van der Waals surface area contributed by atoms with Gasteiger partial charge in [0.15, 0.2) is 11.5 Å². The lowest BCUT2D eigenvalue weighted by molar-refractivity contribution is 0.0310. The highest BCUT2D eigenvalue weighted by atomic mass is 16.5. The van der Waals surface area contributed by atoms with E-state index in [1.165, 1.54) is 18.4 Å². The summed E-state index contributed by atoms with van der Waals surface area (Å²) in [6.45, 7) is 0.933. The highest BCUT2D eigenvalue weighted by Gasteiger charge is 2.39. The Kier molecular flexibility index (Phi) is 3.85. The molecule has 2 unspecified atom stereocenters. The molecule has 0 spiro atoms. The molecule has 1 N–H and O–H groups in total. The number of aliphatic hydroxyl groups excluding tert-OH is 1. The van der Waals surface area contributed by atoms with E-state index in [0.717, 1.165) is 30.9 Å². The third-order valence-corrected chi connectivity index (χ3v) is 4.67. The van der Waals surface area contributed by atoms with Crippen LogP contribution in [0.15, 0.2) is 18.2 Å². The van der Waals surface area contributed by atoms with Gasteiger partial charge in [-0.2, -0.15) is 0 Å². The molecule has 1 aromatic carbocycles. The topological polar surface area (TPSA) is 41.9 Å². The highest BCUT2D eigenvalue weighted by Crippen LogP contribution is 2.37. The molecule has 0 aromatic heterocycles. The van der Waals surface area contributed by atoms with Crippen molar-refractivity contribution in [3.05, 3.63) is 23.8 Å². The number of nitrogens with zero attached hydrogens (tertiary/aromatic N) is 1. The van der Waals surface area contributed by atoms with Crippen LogP contribution >= 0.6 is 0 Å². The maximum Gasteiger partial charge on any atom is 0.161 e. The summed E-state index contributed by atoms with van der Waals surface area (Å²) in [5, 5.41) is 9.86. The van der Waals surface area contributed by atoms with Gasteiger partial charge < -0.3 is 14.6 Å². The minimum atomic E-state index is -0.103. The molecule has 2 heterocycles. The molecule has 2 saturated heterocycles. The van der Waals surface area contributed by atoms with Crippen molar-refractivity contribution in [3.63, 3.8) is 0 Å². The van der Waals surface area contributed by atoms with Gasteiger partial charge in [-0.15, -0.1) is 0 Å². The number of rotatable bonds is 4. The first kappa shape index (κ1) is 13.7. The summed E-state index contributed by atoms with van der Waals surface area (Å²) < 4.78 is 10.6. The minimum Gasteiger partial charge on any atom is -0.493 e. The van der Waals surface area contributed by atoms with E-state index in [2.05, 4.69) is 17.0 Å². The fourth-order valence-corrected chi connectivity index (χ4v) is 3.69. The van der Waals surface area contributed by atoms with Crippen LogP contribution in [0, 0.1) is 0 Å². The van der Waals surface area contributed by atoms with Gasteiger partial charge >= 0.3 is 0 Å². The molecule has 110 valence electrons. The number of hydrogen-bond donors (Lipinski definition) is 1. The molecule has 2 atom stereocenters. The van der Waals surface area contributed by atoms with Gasteiger partial charge in [0.25, 0.3) is 0 Å². The van der Waals surface area contributed by atoms with E-state index >= 15 is 0 Å². The van der Waals surface area contributed by atoms with Crippen molar-refractivity contribution in [3.8, 4) is 11.5 Å². The summed E-state index contributed by atoms with van der Waals surface area (Å²) in [6, 6.07) is 7.21. The van der Waals surface area contributed by atoms with Gasteiger partial charge in [-0.3, -0.25) is 4.90 Å². The van der Waals surface area contributed by atoms with E-state index in [4.69, 9.17) is 9.47 Å². The highest BCUT2D eigenvalue weighted by molar-refractivity contribution is 5.42. The molecule has 2 fully saturated rings. The van der Waals surface area contributed by atoms with Crippen LogP contribution in [0.5, 0.6) is 11.5 Å². The van der Waals surface area contributed by atoms with Crippen LogP contribution in [-0.2, 0) is 6.54 Å². The normalized spacial score (nSPS) is 29.4. The van der Waals surface area contributed by atoms with Crippen LogP contribution in [0.4, 0.5) is 0 Å². The molecule has 2 aliphatic rings. The van der Waals surface area contributed by atoms with Gasteiger partial charge in [0.2, 0.25) is 0 Å². The van der Waals surface area contributed by atoms with Crippen molar-refractivity contribution in [1.82, 2.24) is 4.90 Å². The molecular formula is C16H23NO3. The Morgan fingerprint density at radius 3 is 2.35 bits per heavy atom. The zero-order chi connectivity index (χ0) is 14.1. The molecule has 4 nitrogen and oxygen atoms in total. The number of benzene rings is 1. The van der Waals surface area contributed by atoms with E-state index in [1.807, 2.05) is 6.07 Å². The SMILES string of the molecule is COc1ccc(CN2C3CCC2CC(O)C3)cc1OC. The van der Waals surface area contributed by atoms with Gasteiger partial charge in [0.1, 0.15) is 0 Å². The molecule has 0 saturated carbocycles. The number of aliphatic hydroxyl groups is 1. The summed E-state index contributed by atoms with van der Waals surface area (Å²) in [7, 11) is 3.33. The predicted molar refractivity (Wildman–Crippen MR) is 77.1 cm³/mol. The molecule has 0 aliphatic carbocycles. The quantitative estimate of drug-likeness (QED) is 0.916. The third-order valence-electron chi connectivity index (χ3n) is 4.67. The van der Waals surface area contributed by atoms with Gasteiger partial charge in [-0.1, -0.05) is 6.07 Å². The Balaban J connectivity index is 1.75. The van der Waals surface area contributed by atoms with Crippen LogP contribution in [0.25, 0.3) is 0 Å². The third kappa shape index (κ3) is 2.50. The molecule has 20 heavy (non-hydrogen) atoms. The Labute approximate surface area is 120 Å². The van der Waals surface area contributed by atoms with Crippen LogP contribution in [0.1, 0.15) is 31.2 Å². The molecule has 3 rings (SSSR count). The fourth-order valence-electron chi connectivity index (χ4n) is 3.69. The van der Waals surface area contributed by atoms with Gasteiger partial charge in [-0.05, 0) is 43.4 Å². The lowest BCUT2D eigenvalue weighted by atomic mass is 9.99. The molecule has 2 bridgehead atoms. The van der Waals surface area contributed by atoms with Crippen molar-refractivity contribution in [2.24, 2.45) is 0 Å². The smallest absolute Gasteiger partial charge is 0.161 e. The summed E-state index contributed by atoms with van der Waals surface area (Å²) in [6.07, 6.45) is 4.17. The Morgan fingerprint density at radius 1 is 1.10 bits per heavy atom. The van der Waals surface area contributed by atoms with E-state index in [1.54, 1.807) is 14.2 Å². The number of hydrogen-bond acceptors (Lipinski definition) is 4. The first-order valence-corrected chi connectivity index (χ1v) is 7.36. The Morgan fingerprint density at radius 2 is 1.75 bits per heavy atom. The summed E-state index contributed by atoms with van der Waals surface area (Å²) in [5.41, 5.74) is 1.25. The number of piperidine rings is 1. The van der Waals surface area contributed by atoms with Crippen LogP contribution < -0.4 is 9.47 Å². The maximum atomic E-state index is 9.86. The van der Waals surface area contributed by atoms with Crippen molar-refractivity contribution in [2.45, 2.75) is 50.4 Å². The zero-order valence-corrected chi connectivity index (χ0v) is 12.2. The van der Waals surface area contributed by atoms with Crippen molar-refractivity contribution in [1.29, 1.82) is 0 Å². The summed E-state index contributed by atoms with van der Waals surface area (Å²) >= 11 is 0. The second-order valence-electron chi connectivity index (χ2n) is 5.87. The van der Waals surface area contributed by atoms with Crippen molar-refractivity contribution in [2.75, 3.05) is 14.2 Å². The van der Waals surface area contributed by atoms with E-state index in [9.17, 15) is 5.11 Å². The van der Waals surface area contributed by atoms with E-state index < -0.39 is 0 Å². The van der Waals surface area contributed by atoms with Gasteiger partial charge in [-0.25, -0.2) is 0 Å². The number of fused-ring (bicyclic) bond motifs is 2. The second-order valence-corrected chi connectivity index (χ2v) is 5.87.